The molecule has 0 radical (unpaired) electrons. The molecule has 1 unspecified atom stereocenters. The van der Waals surface area contributed by atoms with Crippen LogP contribution in [0.1, 0.15) is 20.3 Å². The summed E-state index contributed by atoms with van der Waals surface area (Å²) < 4.78 is 9.97. The third kappa shape index (κ3) is 9.00. The Morgan fingerprint density at radius 3 is 2.75 bits per heavy atom. The first-order chi connectivity index (χ1) is 7.74. The van der Waals surface area contributed by atoms with E-state index in [0.717, 1.165) is 18.7 Å². The lowest BCUT2D eigenvalue weighted by Crippen LogP contribution is -2.36. The van der Waals surface area contributed by atoms with Crippen molar-refractivity contribution in [2.24, 2.45) is 0 Å². The van der Waals surface area contributed by atoms with Gasteiger partial charge in [-0.05, 0) is 19.9 Å². The summed E-state index contributed by atoms with van der Waals surface area (Å²) in [5.74, 6) is 1.15. The van der Waals surface area contributed by atoms with Crippen molar-refractivity contribution in [1.82, 2.24) is 5.32 Å². The van der Waals surface area contributed by atoms with E-state index >= 15 is 0 Å². The molecule has 0 rings (SSSR count). The molecular weight excluding hydrogens is 226 g/mol. The van der Waals surface area contributed by atoms with Crippen LogP contribution in [0.15, 0.2) is 0 Å². The Balaban J connectivity index is 3.61. The van der Waals surface area contributed by atoms with Crippen LogP contribution in [0.2, 0.25) is 0 Å². The van der Waals surface area contributed by atoms with Crippen LogP contribution in [0.4, 0.5) is 0 Å². The van der Waals surface area contributed by atoms with Crippen LogP contribution in [0.3, 0.4) is 0 Å². The van der Waals surface area contributed by atoms with Crippen LogP contribution < -0.4 is 5.32 Å². The number of ether oxygens (including phenoxy) is 2. The quantitative estimate of drug-likeness (QED) is 0.591. The zero-order valence-corrected chi connectivity index (χ0v) is 11.3. The smallest absolute Gasteiger partial charge is 0.315 e. The molecule has 0 fully saturated rings. The van der Waals surface area contributed by atoms with Crippen LogP contribution in [0.5, 0.6) is 0 Å². The van der Waals surface area contributed by atoms with E-state index in [1.54, 1.807) is 18.9 Å². The topological polar surface area (TPSA) is 47.6 Å². The van der Waals surface area contributed by atoms with E-state index in [1.165, 1.54) is 0 Å². The average molecular weight is 249 g/mol. The molecule has 5 heteroatoms. The summed E-state index contributed by atoms with van der Waals surface area (Å²) >= 11 is 1.58. The Hall–Kier alpha value is -0.260. The van der Waals surface area contributed by atoms with Gasteiger partial charge in [0.15, 0.2) is 0 Å². The molecule has 0 aromatic carbocycles. The molecule has 1 N–H and O–H groups in total. The first-order valence-electron chi connectivity index (χ1n) is 5.70. The van der Waals surface area contributed by atoms with Crippen molar-refractivity contribution < 1.29 is 14.3 Å². The Morgan fingerprint density at radius 1 is 1.44 bits per heavy atom. The van der Waals surface area contributed by atoms with Gasteiger partial charge >= 0.3 is 5.97 Å². The van der Waals surface area contributed by atoms with Crippen molar-refractivity contribution in [3.63, 3.8) is 0 Å². The number of hydrogen-bond acceptors (Lipinski definition) is 5. The second-order valence-corrected chi connectivity index (χ2v) is 4.46. The van der Waals surface area contributed by atoms with Crippen LogP contribution in [-0.4, -0.2) is 50.4 Å². The van der Waals surface area contributed by atoms with Gasteiger partial charge in [-0.15, -0.1) is 11.8 Å². The van der Waals surface area contributed by atoms with Crippen molar-refractivity contribution in [3.8, 4) is 0 Å². The third-order valence-corrected chi connectivity index (χ3v) is 2.97. The van der Waals surface area contributed by atoms with Crippen molar-refractivity contribution in [2.75, 3.05) is 38.4 Å². The van der Waals surface area contributed by atoms with Gasteiger partial charge in [-0.1, -0.05) is 6.92 Å². The fourth-order valence-corrected chi connectivity index (χ4v) is 2.07. The summed E-state index contributed by atoms with van der Waals surface area (Å²) in [6, 6.07) is 0.310. The minimum Gasteiger partial charge on any atom is -0.465 e. The summed E-state index contributed by atoms with van der Waals surface area (Å²) in [6.45, 7) is 6.06. The molecule has 0 aromatic heterocycles. The highest BCUT2D eigenvalue weighted by atomic mass is 32.2. The van der Waals surface area contributed by atoms with Crippen molar-refractivity contribution in [3.05, 3.63) is 0 Å². The van der Waals surface area contributed by atoms with Crippen LogP contribution >= 0.6 is 11.8 Å². The molecule has 0 aliphatic rings. The minimum atomic E-state index is -0.140. The summed E-state index contributed by atoms with van der Waals surface area (Å²) in [7, 11) is 1.69. The maximum absolute atomic E-state index is 11.1. The van der Waals surface area contributed by atoms with E-state index in [9.17, 15) is 4.79 Å². The number of nitrogens with one attached hydrogen (secondary N) is 1. The molecule has 0 aliphatic carbocycles. The number of hydrogen-bond donors (Lipinski definition) is 1. The first-order valence-corrected chi connectivity index (χ1v) is 6.85. The highest BCUT2D eigenvalue weighted by Gasteiger charge is 2.09. The molecule has 16 heavy (non-hydrogen) atoms. The summed E-state index contributed by atoms with van der Waals surface area (Å²) in [6.07, 6.45) is 1.10. The SMILES string of the molecule is CCCNC(COC)CSCC(=O)OCC. The van der Waals surface area contributed by atoms with E-state index in [4.69, 9.17) is 9.47 Å². The van der Waals surface area contributed by atoms with E-state index in [0.29, 0.717) is 25.0 Å². The summed E-state index contributed by atoms with van der Waals surface area (Å²) in [5, 5.41) is 3.38. The molecular formula is C11H23NO3S. The number of carbonyl (C=O) groups is 1. The predicted octanol–water partition coefficient (Wildman–Crippen LogP) is 1.30. The highest BCUT2D eigenvalue weighted by Crippen LogP contribution is 2.04. The summed E-state index contributed by atoms with van der Waals surface area (Å²) in [4.78, 5) is 11.1. The second-order valence-electron chi connectivity index (χ2n) is 3.43. The first kappa shape index (κ1) is 15.7. The maximum Gasteiger partial charge on any atom is 0.315 e. The standard InChI is InChI=1S/C11H23NO3S/c1-4-6-12-10(7-14-3)8-16-9-11(13)15-5-2/h10,12H,4-9H2,1-3H3. The lowest BCUT2D eigenvalue weighted by molar-refractivity contribution is -0.139. The monoisotopic (exact) mass is 249 g/mol. The lowest BCUT2D eigenvalue weighted by Gasteiger charge is -2.16. The number of thioether (sulfide) groups is 1. The van der Waals surface area contributed by atoms with Gasteiger partial charge in [0, 0.05) is 18.9 Å². The molecule has 0 saturated heterocycles. The van der Waals surface area contributed by atoms with E-state index in [1.807, 2.05) is 6.92 Å². The van der Waals surface area contributed by atoms with Crippen molar-refractivity contribution in [1.29, 1.82) is 0 Å². The second kappa shape index (κ2) is 11.2. The Morgan fingerprint density at radius 2 is 2.19 bits per heavy atom. The van der Waals surface area contributed by atoms with Crippen LogP contribution in [0.25, 0.3) is 0 Å². The fraction of sp³-hybridized carbons (Fsp3) is 0.909. The zero-order valence-electron chi connectivity index (χ0n) is 10.5. The number of methoxy groups -OCH3 is 1. The summed E-state index contributed by atoms with van der Waals surface area (Å²) in [5.41, 5.74) is 0. The molecule has 1 atom stereocenters. The molecule has 0 amide bonds. The Kier molecular flexibility index (Phi) is 11.0. The van der Waals surface area contributed by atoms with Gasteiger partial charge < -0.3 is 14.8 Å². The Labute approximate surface area is 102 Å². The van der Waals surface area contributed by atoms with Gasteiger partial charge in [-0.2, -0.15) is 0 Å². The zero-order chi connectivity index (χ0) is 12.2. The van der Waals surface area contributed by atoms with Gasteiger partial charge in [0.2, 0.25) is 0 Å². The van der Waals surface area contributed by atoms with Gasteiger partial charge in [0.25, 0.3) is 0 Å². The Bertz CT molecular complexity index is 179. The van der Waals surface area contributed by atoms with E-state index < -0.39 is 0 Å². The van der Waals surface area contributed by atoms with E-state index in [2.05, 4.69) is 12.2 Å². The van der Waals surface area contributed by atoms with E-state index in [-0.39, 0.29) is 5.97 Å². The van der Waals surface area contributed by atoms with Gasteiger partial charge in [0.1, 0.15) is 0 Å². The lowest BCUT2D eigenvalue weighted by atomic mass is 10.3. The molecule has 0 spiro atoms. The molecule has 0 heterocycles. The van der Waals surface area contributed by atoms with Crippen molar-refractivity contribution in [2.45, 2.75) is 26.3 Å². The minimum absolute atomic E-state index is 0.140. The average Bonchev–Trinajstić information content (AvgIpc) is 2.26. The van der Waals surface area contributed by atoms with Crippen LogP contribution in [0, 0.1) is 0 Å². The highest BCUT2D eigenvalue weighted by molar-refractivity contribution is 7.99. The normalized spacial score (nSPS) is 12.4. The number of carbonyl (C=O) groups excluding carboxylic acids is 1. The van der Waals surface area contributed by atoms with Gasteiger partial charge in [-0.3, -0.25) is 4.79 Å². The number of esters is 1. The van der Waals surface area contributed by atoms with Crippen LogP contribution in [-0.2, 0) is 14.3 Å². The van der Waals surface area contributed by atoms with Crippen molar-refractivity contribution >= 4 is 17.7 Å². The molecule has 0 saturated carbocycles. The van der Waals surface area contributed by atoms with Gasteiger partial charge in [0.05, 0.1) is 19.0 Å². The predicted molar refractivity (Wildman–Crippen MR) is 67.9 cm³/mol. The third-order valence-electron chi connectivity index (χ3n) is 1.90. The maximum atomic E-state index is 11.1. The number of rotatable bonds is 10. The fourth-order valence-electron chi connectivity index (χ4n) is 1.20. The molecule has 4 nitrogen and oxygen atoms in total. The molecule has 0 aliphatic heterocycles. The largest absolute Gasteiger partial charge is 0.465 e. The molecule has 0 bridgehead atoms. The molecule has 0 aromatic rings. The molecule has 96 valence electrons. The van der Waals surface area contributed by atoms with Gasteiger partial charge in [-0.25, -0.2) is 0 Å².